The Morgan fingerprint density at radius 3 is 2.54 bits per heavy atom. The standard InChI is InChI=1S/C10H18O3/c1-9(11)5-3-2-4-6-10-12-7-8-13-10/h10H,2-8H2,1H3. The molecule has 76 valence electrons. The van der Waals surface area contributed by atoms with Crippen molar-refractivity contribution < 1.29 is 14.3 Å². The number of ketones is 1. The zero-order valence-electron chi connectivity index (χ0n) is 8.25. The van der Waals surface area contributed by atoms with Crippen molar-refractivity contribution in [3.8, 4) is 0 Å². The van der Waals surface area contributed by atoms with E-state index in [2.05, 4.69) is 0 Å². The van der Waals surface area contributed by atoms with E-state index in [9.17, 15) is 4.79 Å². The zero-order chi connectivity index (χ0) is 9.52. The van der Waals surface area contributed by atoms with E-state index >= 15 is 0 Å². The Balaban J connectivity index is 1.86. The van der Waals surface area contributed by atoms with Gasteiger partial charge < -0.3 is 14.3 Å². The van der Waals surface area contributed by atoms with E-state index in [4.69, 9.17) is 9.47 Å². The maximum Gasteiger partial charge on any atom is 0.157 e. The zero-order valence-corrected chi connectivity index (χ0v) is 8.25. The summed E-state index contributed by atoms with van der Waals surface area (Å²) in [4.78, 5) is 10.6. The molecule has 0 aromatic rings. The summed E-state index contributed by atoms with van der Waals surface area (Å²) in [5.74, 6) is 0.286. The maximum absolute atomic E-state index is 10.6. The van der Waals surface area contributed by atoms with Crippen molar-refractivity contribution in [3.63, 3.8) is 0 Å². The highest BCUT2D eigenvalue weighted by atomic mass is 16.7. The average molecular weight is 186 g/mol. The van der Waals surface area contributed by atoms with Crippen molar-refractivity contribution in [2.75, 3.05) is 13.2 Å². The van der Waals surface area contributed by atoms with E-state index in [0.717, 1.165) is 38.9 Å². The molecule has 0 aliphatic carbocycles. The quantitative estimate of drug-likeness (QED) is 0.594. The van der Waals surface area contributed by atoms with Crippen LogP contribution in [0.15, 0.2) is 0 Å². The van der Waals surface area contributed by atoms with Gasteiger partial charge in [0.2, 0.25) is 0 Å². The third-order valence-electron chi connectivity index (χ3n) is 2.16. The molecule has 0 spiro atoms. The molecule has 0 aromatic carbocycles. The van der Waals surface area contributed by atoms with E-state index in [-0.39, 0.29) is 12.1 Å². The van der Waals surface area contributed by atoms with Gasteiger partial charge in [0.1, 0.15) is 5.78 Å². The molecule has 0 radical (unpaired) electrons. The molecule has 1 fully saturated rings. The van der Waals surface area contributed by atoms with Gasteiger partial charge in [-0.15, -0.1) is 0 Å². The van der Waals surface area contributed by atoms with Gasteiger partial charge in [-0.1, -0.05) is 6.42 Å². The van der Waals surface area contributed by atoms with Crippen LogP contribution in [0.25, 0.3) is 0 Å². The molecule has 1 heterocycles. The van der Waals surface area contributed by atoms with Gasteiger partial charge >= 0.3 is 0 Å². The van der Waals surface area contributed by atoms with Crippen LogP contribution in [0.1, 0.15) is 39.0 Å². The topological polar surface area (TPSA) is 35.5 Å². The van der Waals surface area contributed by atoms with Crippen molar-refractivity contribution in [1.82, 2.24) is 0 Å². The summed E-state index contributed by atoms with van der Waals surface area (Å²) < 4.78 is 10.6. The van der Waals surface area contributed by atoms with Crippen LogP contribution in [0, 0.1) is 0 Å². The second-order valence-electron chi connectivity index (χ2n) is 3.47. The first-order valence-corrected chi connectivity index (χ1v) is 5.01. The van der Waals surface area contributed by atoms with E-state index < -0.39 is 0 Å². The maximum atomic E-state index is 10.6. The molecule has 1 aliphatic heterocycles. The predicted octanol–water partition coefficient (Wildman–Crippen LogP) is 1.90. The highest BCUT2D eigenvalue weighted by molar-refractivity contribution is 5.75. The summed E-state index contributed by atoms with van der Waals surface area (Å²) in [5.41, 5.74) is 0. The molecule has 0 aromatic heterocycles. The molecule has 1 rings (SSSR count). The van der Waals surface area contributed by atoms with Gasteiger partial charge in [-0.2, -0.15) is 0 Å². The lowest BCUT2D eigenvalue weighted by Crippen LogP contribution is -2.06. The van der Waals surface area contributed by atoms with Gasteiger partial charge in [0.15, 0.2) is 6.29 Å². The molecule has 13 heavy (non-hydrogen) atoms. The van der Waals surface area contributed by atoms with Crippen molar-refractivity contribution >= 4 is 5.78 Å². The van der Waals surface area contributed by atoms with Crippen molar-refractivity contribution in [2.45, 2.75) is 45.3 Å². The molecule has 0 bridgehead atoms. The first-order valence-electron chi connectivity index (χ1n) is 5.01. The largest absolute Gasteiger partial charge is 0.350 e. The Hall–Kier alpha value is -0.410. The van der Waals surface area contributed by atoms with Crippen molar-refractivity contribution in [3.05, 3.63) is 0 Å². The van der Waals surface area contributed by atoms with E-state index in [1.807, 2.05) is 0 Å². The monoisotopic (exact) mass is 186 g/mol. The number of Topliss-reactive ketones (excluding diaryl/α,β-unsaturated/α-hetero) is 1. The van der Waals surface area contributed by atoms with Crippen LogP contribution in [-0.4, -0.2) is 25.3 Å². The van der Waals surface area contributed by atoms with Gasteiger partial charge in [0.25, 0.3) is 0 Å². The van der Waals surface area contributed by atoms with Crippen LogP contribution in [0.4, 0.5) is 0 Å². The Morgan fingerprint density at radius 1 is 1.23 bits per heavy atom. The lowest BCUT2D eigenvalue weighted by atomic mass is 10.1. The van der Waals surface area contributed by atoms with Gasteiger partial charge in [-0.25, -0.2) is 0 Å². The highest BCUT2D eigenvalue weighted by Crippen LogP contribution is 2.13. The van der Waals surface area contributed by atoms with Gasteiger partial charge in [0.05, 0.1) is 13.2 Å². The minimum Gasteiger partial charge on any atom is -0.350 e. The van der Waals surface area contributed by atoms with Crippen LogP contribution in [-0.2, 0) is 14.3 Å². The lowest BCUT2D eigenvalue weighted by Gasteiger charge is -2.07. The minimum absolute atomic E-state index is 0.0253. The smallest absolute Gasteiger partial charge is 0.157 e. The molecule has 0 N–H and O–H groups in total. The first-order chi connectivity index (χ1) is 6.29. The predicted molar refractivity (Wildman–Crippen MR) is 49.5 cm³/mol. The summed E-state index contributed by atoms with van der Waals surface area (Å²) in [7, 11) is 0. The van der Waals surface area contributed by atoms with E-state index in [0.29, 0.717) is 6.42 Å². The fraction of sp³-hybridized carbons (Fsp3) is 0.900. The van der Waals surface area contributed by atoms with Crippen LogP contribution in [0.3, 0.4) is 0 Å². The summed E-state index contributed by atoms with van der Waals surface area (Å²) in [6, 6.07) is 0. The fourth-order valence-electron chi connectivity index (χ4n) is 1.44. The number of carbonyl (C=O) groups excluding carboxylic acids is 1. The fourth-order valence-corrected chi connectivity index (χ4v) is 1.44. The molecular weight excluding hydrogens is 168 g/mol. The van der Waals surface area contributed by atoms with Gasteiger partial charge in [-0.3, -0.25) is 0 Å². The van der Waals surface area contributed by atoms with Crippen LogP contribution in [0.5, 0.6) is 0 Å². The molecule has 0 atom stereocenters. The lowest BCUT2D eigenvalue weighted by molar-refractivity contribution is -0.117. The molecule has 1 saturated heterocycles. The normalized spacial score (nSPS) is 17.9. The third kappa shape index (κ3) is 5.01. The molecule has 0 saturated carbocycles. The van der Waals surface area contributed by atoms with Gasteiger partial charge in [-0.05, 0) is 26.2 Å². The number of hydrogen-bond acceptors (Lipinski definition) is 3. The number of carbonyl (C=O) groups is 1. The molecule has 0 amide bonds. The SMILES string of the molecule is CC(=O)CCCCCC1OCCO1. The summed E-state index contributed by atoms with van der Waals surface area (Å²) in [5, 5.41) is 0. The second-order valence-corrected chi connectivity index (χ2v) is 3.47. The number of ether oxygens (including phenoxy) is 2. The summed E-state index contributed by atoms with van der Waals surface area (Å²) in [6.45, 7) is 3.11. The summed E-state index contributed by atoms with van der Waals surface area (Å²) >= 11 is 0. The molecule has 1 aliphatic rings. The Labute approximate surface area is 79.4 Å². The number of hydrogen-bond donors (Lipinski definition) is 0. The second kappa shape index (κ2) is 6.11. The molecule has 0 unspecified atom stereocenters. The molecular formula is C10H18O3. The Morgan fingerprint density at radius 2 is 1.92 bits per heavy atom. The Bertz CT molecular complexity index is 150. The average Bonchev–Trinajstić information content (AvgIpc) is 2.55. The van der Waals surface area contributed by atoms with Crippen molar-refractivity contribution in [2.24, 2.45) is 0 Å². The number of unbranched alkanes of at least 4 members (excludes halogenated alkanes) is 2. The first kappa shape index (κ1) is 10.7. The van der Waals surface area contributed by atoms with E-state index in [1.54, 1.807) is 6.92 Å². The van der Waals surface area contributed by atoms with Gasteiger partial charge in [0, 0.05) is 6.42 Å². The van der Waals surface area contributed by atoms with Crippen molar-refractivity contribution in [1.29, 1.82) is 0 Å². The van der Waals surface area contributed by atoms with E-state index in [1.165, 1.54) is 0 Å². The van der Waals surface area contributed by atoms with Crippen LogP contribution >= 0.6 is 0 Å². The highest BCUT2D eigenvalue weighted by Gasteiger charge is 2.14. The Kier molecular flexibility index (Phi) is 5.01. The molecule has 3 heteroatoms. The molecule has 3 nitrogen and oxygen atoms in total. The third-order valence-corrected chi connectivity index (χ3v) is 2.16. The summed E-state index contributed by atoms with van der Waals surface area (Å²) in [6.07, 6.45) is 4.91. The van der Waals surface area contributed by atoms with Crippen LogP contribution in [0.2, 0.25) is 0 Å². The minimum atomic E-state index is 0.0253. The van der Waals surface area contributed by atoms with Crippen LogP contribution < -0.4 is 0 Å². The number of rotatable bonds is 6.